The van der Waals surface area contributed by atoms with Crippen molar-refractivity contribution in [3.05, 3.63) is 0 Å². The Morgan fingerprint density at radius 1 is 0.409 bits per heavy atom. The van der Waals surface area contributed by atoms with Crippen LogP contribution in [-0.2, 0) is 19.1 Å². The number of aliphatic hydroxyl groups is 1. The van der Waals surface area contributed by atoms with Gasteiger partial charge in [-0.25, -0.2) is 0 Å². The van der Waals surface area contributed by atoms with E-state index in [1.807, 2.05) is 0 Å². The predicted molar refractivity (Wildman–Crippen MR) is 187 cm³/mol. The van der Waals surface area contributed by atoms with Gasteiger partial charge in [-0.05, 0) is 77.0 Å². The number of aliphatic hydroxyl groups excluding tert-OH is 1. The number of hydrogen-bond donors (Lipinski definition) is 1. The largest absolute Gasteiger partial charge is 0.462 e. The van der Waals surface area contributed by atoms with E-state index in [2.05, 4.69) is 27.7 Å². The summed E-state index contributed by atoms with van der Waals surface area (Å²) in [6.45, 7) is 8.93. The van der Waals surface area contributed by atoms with Gasteiger partial charge in [0.25, 0.3) is 0 Å². The molecule has 5 nitrogen and oxygen atoms in total. The molecule has 0 atom stereocenters. The first-order valence-electron chi connectivity index (χ1n) is 19.5. The van der Waals surface area contributed by atoms with Crippen molar-refractivity contribution < 1.29 is 24.2 Å². The number of carbonyl (C=O) groups is 2. The van der Waals surface area contributed by atoms with Crippen LogP contribution < -0.4 is 0 Å². The lowest BCUT2D eigenvalue weighted by molar-refractivity contribution is -0.150. The standard InChI is InChI=1S/C39H76O5/c1-5-9-13-17-21-29-36(30-22-18-14-10-6-2)43-38(41)33-25-27-35(40)28-26-34-39(42)44-37(31-23-19-15-11-7-3)32-24-20-16-12-8-4/h35-37,40H,5-34H2,1-4H3. The lowest BCUT2D eigenvalue weighted by Gasteiger charge is -2.19. The quantitative estimate of drug-likeness (QED) is 0.0569. The van der Waals surface area contributed by atoms with Gasteiger partial charge in [0.15, 0.2) is 0 Å². The van der Waals surface area contributed by atoms with Crippen molar-refractivity contribution in [3.8, 4) is 0 Å². The summed E-state index contributed by atoms with van der Waals surface area (Å²) in [4.78, 5) is 25.2. The van der Waals surface area contributed by atoms with Crippen LogP contribution in [0.1, 0.15) is 220 Å². The molecule has 5 heteroatoms. The van der Waals surface area contributed by atoms with E-state index in [4.69, 9.17) is 9.47 Å². The third kappa shape index (κ3) is 29.6. The molecule has 1 N–H and O–H groups in total. The van der Waals surface area contributed by atoms with Crippen molar-refractivity contribution in [2.24, 2.45) is 0 Å². The van der Waals surface area contributed by atoms with E-state index in [-0.39, 0.29) is 24.1 Å². The van der Waals surface area contributed by atoms with Gasteiger partial charge in [-0.15, -0.1) is 0 Å². The number of carbonyl (C=O) groups excluding carboxylic acids is 2. The molecule has 44 heavy (non-hydrogen) atoms. The maximum atomic E-state index is 12.6. The Kier molecular flexibility index (Phi) is 32.4. The Morgan fingerprint density at radius 2 is 0.682 bits per heavy atom. The summed E-state index contributed by atoms with van der Waals surface area (Å²) in [5.74, 6) is -0.244. The first-order valence-corrected chi connectivity index (χ1v) is 19.5. The molecule has 0 aliphatic rings. The van der Waals surface area contributed by atoms with Crippen molar-refractivity contribution in [2.45, 2.75) is 239 Å². The number of rotatable bonds is 34. The Hall–Kier alpha value is -1.10. The molecule has 0 aromatic carbocycles. The van der Waals surface area contributed by atoms with Crippen LogP contribution in [0.2, 0.25) is 0 Å². The van der Waals surface area contributed by atoms with E-state index in [1.54, 1.807) is 0 Å². The second-order valence-electron chi connectivity index (χ2n) is 13.5. The van der Waals surface area contributed by atoms with Gasteiger partial charge in [-0.2, -0.15) is 0 Å². The first-order chi connectivity index (χ1) is 21.5. The predicted octanol–water partition coefficient (Wildman–Crippen LogP) is 12.0. The number of ether oxygens (including phenoxy) is 2. The molecular weight excluding hydrogens is 548 g/mol. The maximum absolute atomic E-state index is 12.6. The van der Waals surface area contributed by atoms with Crippen LogP contribution in [0.5, 0.6) is 0 Å². The van der Waals surface area contributed by atoms with Gasteiger partial charge in [0.1, 0.15) is 12.2 Å². The number of hydrogen-bond acceptors (Lipinski definition) is 5. The summed E-state index contributed by atoms with van der Waals surface area (Å²) in [5.41, 5.74) is 0. The van der Waals surface area contributed by atoms with Gasteiger partial charge in [0.2, 0.25) is 0 Å². The molecule has 0 heterocycles. The highest BCUT2D eigenvalue weighted by molar-refractivity contribution is 5.69. The average Bonchev–Trinajstić information content (AvgIpc) is 3.00. The molecule has 0 aromatic heterocycles. The number of esters is 2. The minimum Gasteiger partial charge on any atom is -0.462 e. The molecule has 0 aromatic rings. The normalized spacial score (nSPS) is 11.6. The van der Waals surface area contributed by atoms with Crippen molar-refractivity contribution >= 4 is 11.9 Å². The van der Waals surface area contributed by atoms with Crippen LogP contribution >= 0.6 is 0 Å². The molecule has 0 saturated carbocycles. The Balaban J connectivity index is 4.33. The molecular formula is C39H76O5. The molecule has 0 radical (unpaired) electrons. The van der Waals surface area contributed by atoms with Crippen LogP contribution in [0.3, 0.4) is 0 Å². The lowest BCUT2D eigenvalue weighted by atomic mass is 10.0. The fraction of sp³-hybridized carbons (Fsp3) is 0.949. The fourth-order valence-electron chi connectivity index (χ4n) is 6.02. The van der Waals surface area contributed by atoms with Crippen LogP contribution in [-0.4, -0.2) is 35.4 Å². The van der Waals surface area contributed by atoms with Crippen LogP contribution in [0, 0.1) is 0 Å². The van der Waals surface area contributed by atoms with E-state index in [0.717, 1.165) is 51.4 Å². The van der Waals surface area contributed by atoms with Gasteiger partial charge in [-0.1, -0.05) is 130 Å². The second-order valence-corrected chi connectivity index (χ2v) is 13.5. The molecule has 0 bridgehead atoms. The zero-order valence-corrected chi connectivity index (χ0v) is 30.0. The lowest BCUT2D eigenvalue weighted by Crippen LogP contribution is -2.19. The van der Waals surface area contributed by atoms with Gasteiger partial charge in [0.05, 0.1) is 6.10 Å². The summed E-state index contributed by atoms with van der Waals surface area (Å²) >= 11 is 0. The molecule has 0 amide bonds. The smallest absolute Gasteiger partial charge is 0.306 e. The van der Waals surface area contributed by atoms with Gasteiger partial charge in [-0.3, -0.25) is 9.59 Å². The summed E-state index contributed by atoms with van der Waals surface area (Å²) in [6.07, 6.45) is 31.2. The van der Waals surface area contributed by atoms with Gasteiger partial charge in [0, 0.05) is 12.8 Å². The third-order valence-corrected chi connectivity index (χ3v) is 8.95. The number of unbranched alkanes of at least 4 members (excludes halogenated alkanes) is 16. The van der Waals surface area contributed by atoms with Crippen molar-refractivity contribution in [1.29, 1.82) is 0 Å². The molecule has 0 aliphatic heterocycles. The Labute approximate surface area is 274 Å². The summed E-state index contributed by atoms with van der Waals surface area (Å²) in [7, 11) is 0. The summed E-state index contributed by atoms with van der Waals surface area (Å²) in [6, 6.07) is 0. The average molecular weight is 625 g/mol. The Morgan fingerprint density at radius 3 is 0.955 bits per heavy atom. The van der Waals surface area contributed by atoms with Crippen LogP contribution in [0.25, 0.3) is 0 Å². The van der Waals surface area contributed by atoms with Crippen molar-refractivity contribution in [1.82, 2.24) is 0 Å². The van der Waals surface area contributed by atoms with Gasteiger partial charge >= 0.3 is 11.9 Å². The summed E-state index contributed by atoms with van der Waals surface area (Å²) in [5, 5.41) is 10.5. The van der Waals surface area contributed by atoms with E-state index >= 15 is 0 Å². The zero-order chi connectivity index (χ0) is 32.5. The molecule has 0 rings (SSSR count). The van der Waals surface area contributed by atoms with Crippen LogP contribution in [0.4, 0.5) is 0 Å². The van der Waals surface area contributed by atoms with Gasteiger partial charge < -0.3 is 14.6 Å². The molecule has 0 aliphatic carbocycles. The monoisotopic (exact) mass is 625 g/mol. The first kappa shape index (κ1) is 42.9. The molecule has 0 spiro atoms. The second kappa shape index (κ2) is 33.3. The summed E-state index contributed by atoms with van der Waals surface area (Å²) < 4.78 is 11.8. The topological polar surface area (TPSA) is 72.8 Å². The minimum absolute atomic E-state index is 0.0400. The molecule has 0 fully saturated rings. The fourth-order valence-corrected chi connectivity index (χ4v) is 6.02. The van der Waals surface area contributed by atoms with Crippen molar-refractivity contribution in [2.75, 3.05) is 0 Å². The molecule has 262 valence electrons. The van der Waals surface area contributed by atoms with Crippen molar-refractivity contribution in [3.63, 3.8) is 0 Å². The molecule has 0 saturated heterocycles. The van der Waals surface area contributed by atoms with E-state index < -0.39 is 6.10 Å². The SMILES string of the molecule is CCCCCCCC(CCCCCCC)OC(=O)CCCC(O)CCCC(=O)OC(CCCCCCC)CCCCCCC. The van der Waals surface area contributed by atoms with E-state index in [0.29, 0.717) is 38.5 Å². The minimum atomic E-state index is -0.489. The maximum Gasteiger partial charge on any atom is 0.306 e. The highest BCUT2D eigenvalue weighted by Gasteiger charge is 2.17. The van der Waals surface area contributed by atoms with E-state index in [1.165, 1.54) is 103 Å². The highest BCUT2D eigenvalue weighted by Crippen LogP contribution is 2.20. The highest BCUT2D eigenvalue weighted by atomic mass is 16.5. The zero-order valence-electron chi connectivity index (χ0n) is 30.0. The molecule has 0 unspecified atom stereocenters. The third-order valence-electron chi connectivity index (χ3n) is 8.95. The Bertz CT molecular complexity index is 542. The van der Waals surface area contributed by atoms with E-state index in [9.17, 15) is 14.7 Å². The van der Waals surface area contributed by atoms with Crippen LogP contribution in [0.15, 0.2) is 0 Å².